The highest BCUT2D eigenvalue weighted by atomic mass is 16.3. The average molecular weight is 537 g/mol. The molecule has 204 valence electrons. The minimum Gasteiger partial charge on any atom is -0.376 e. The maximum absolute atomic E-state index is 14.0. The van der Waals surface area contributed by atoms with E-state index in [9.17, 15) is 24.8 Å². The first-order valence-corrected chi connectivity index (χ1v) is 13.2. The highest BCUT2D eigenvalue weighted by Gasteiger charge is 2.41. The lowest BCUT2D eigenvalue weighted by Gasteiger charge is -2.41. The molecule has 2 N–H and O–H groups in total. The van der Waals surface area contributed by atoms with Gasteiger partial charge in [0, 0.05) is 11.8 Å². The summed E-state index contributed by atoms with van der Waals surface area (Å²) in [5.41, 5.74) is 2.36. The molecule has 8 heteroatoms. The van der Waals surface area contributed by atoms with Crippen LogP contribution in [-0.4, -0.2) is 57.4 Å². The topological polar surface area (TPSA) is 114 Å². The van der Waals surface area contributed by atoms with E-state index in [0.29, 0.717) is 16.8 Å². The second-order valence-electron chi connectivity index (χ2n) is 10.0. The number of nitriles is 1. The second kappa shape index (κ2) is 12.9. The van der Waals surface area contributed by atoms with Crippen LogP contribution in [0.2, 0.25) is 0 Å². The third kappa shape index (κ3) is 6.45. The van der Waals surface area contributed by atoms with Gasteiger partial charge >= 0.3 is 0 Å². The number of hydrogen-bond donors (Lipinski definition) is 2. The maximum Gasteiger partial charge on any atom is 0.258 e. The Hall–Kier alpha value is -4.74. The zero-order valence-corrected chi connectivity index (χ0v) is 22.5. The van der Waals surface area contributed by atoms with Gasteiger partial charge < -0.3 is 15.3 Å². The Labute approximate surface area is 234 Å². The summed E-state index contributed by atoms with van der Waals surface area (Å²) in [5.74, 6) is -1.48. The van der Waals surface area contributed by atoms with Gasteiger partial charge in [0.25, 0.3) is 11.8 Å². The van der Waals surface area contributed by atoms with Gasteiger partial charge in [0.1, 0.15) is 12.6 Å². The van der Waals surface area contributed by atoms with E-state index in [1.807, 2.05) is 80.6 Å². The molecule has 3 amide bonds. The smallest absolute Gasteiger partial charge is 0.258 e. The van der Waals surface area contributed by atoms with Crippen LogP contribution in [0.4, 0.5) is 0 Å². The van der Waals surface area contributed by atoms with E-state index in [0.717, 1.165) is 5.56 Å². The lowest BCUT2D eigenvalue weighted by Crippen LogP contribution is -2.57. The van der Waals surface area contributed by atoms with Gasteiger partial charge in [-0.1, -0.05) is 92.7 Å². The highest BCUT2D eigenvalue weighted by molar-refractivity contribution is 6.03. The minimum atomic E-state index is -1.44. The van der Waals surface area contributed by atoms with E-state index >= 15 is 0 Å². The zero-order chi connectivity index (χ0) is 28.6. The van der Waals surface area contributed by atoms with Gasteiger partial charge in [0.05, 0.1) is 17.8 Å². The van der Waals surface area contributed by atoms with Crippen molar-refractivity contribution in [3.05, 3.63) is 114 Å². The van der Waals surface area contributed by atoms with Crippen LogP contribution in [0, 0.1) is 17.2 Å². The van der Waals surface area contributed by atoms with Crippen molar-refractivity contribution in [3.8, 4) is 6.07 Å². The monoisotopic (exact) mass is 536 g/mol. The van der Waals surface area contributed by atoms with Crippen LogP contribution in [0.15, 0.2) is 97.2 Å². The molecule has 0 bridgehead atoms. The molecule has 0 fully saturated rings. The number of nitrogens with one attached hydrogen (secondary N) is 1. The van der Waals surface area contributed by atoms with Crippen molar-refractivity contribution in [2.45, 2.75) is 38.5 Å². The Morgan fingerprint density at radius 2 is 1.52 bits per heavy atom. The Morgan fingerprint density at radius 3 is 2.10 bits per heavy atom. The summed E-state index contributed by atoms with van der Waals surface area (Å²) in [7, 11) is 0. The number of hydrogen-bond acceptors (Lipinski definition) is 5. The number of rotatable bonds is 9. The first kappa shape index (κ1) is 28.3. The van der Waals surface area contributed by atoms with Crippen molar-refractivity contribution in [2.75, 3.05) is 6.54 Å². The number of nitrogens with zero attached hydrogens (tertiary/aromatic N) is 3. The second-order valence-corrected chi connectivity index (χ2v) is 10.0. The number of aliphatic hydroxyl groups excluding tert-OH is 1. The fraction of sp³-hybridized carbons (Fsp3) is 0.250. The van der Waals surface area contributed by atoms with Gasteiger partial charge in [0.15, 0.2) is 6.10 Å². The molecule has 3 atom stereocenters. The summed E-state index contributed by atoms with van der Waals surface area (Å²) in [5, 5.41) is 22.4. The van der Waals surface area contributed by atoms with Crippen molar-refractivity contribution in [2.24, 2.45) is 5.92 Å². The van der Waals surface area contributed by atoms with Crippen molar-refractivity contribution < 1.29 is 19.5 Å². The molecule has 0 saturated heterocycles. The average Bonchev–Trinajstić information content (AvgIpc) is 2.98. The number of aliphatic hydroxyl groups is 1. The number of amides is 3. The fourth-order valence-electron chi connectivity index (χ4n) is 4.80. The molecule has 0 aliphatic carbocycles. The first-order chi connectivity index (χ1) is 19.3. The molecule has 3 unspecified atom stereocenters. The van der Waals surface area contributed by atoms with Crippen molar-refractivity contribution in [1.29, 1.82) is 5.26 Å². The van der Waals surface area contributed by atoms with E-state index in [4.69, 9.17) is 0 Å². The normalized spacial score (nSPS) is 16.6. The van der Waals surface area contributed by atoms with Crippen molar-refractivity contribution >= 4 is 23.4 Å². The lowest BCUT2D eigenvalue weighted by atomic mass is 9.96. The predicted molar refractivity (Wildman–Crippen MR) is 151 cm³/mol. The van der Waals surface area contributed by atoms with Gasteiger partial charge in [-0.2, -0.15) is 5.26 Å². The van der Waals surface area contributed by atoms with Crippen LogP contribution in [0.5, 0.6) is 0 Å². The molecular weight excluding hydrogens is 504 g/mol. The molecule has 0 saturated carbocycles. The van der Waals surface area contributed by atoms with Crippen LogP contribution in [-0.2, 0) is 16.0 Å². The third-order valence-corrected chi connectivity index (χ3v) is 6.79. The minimum absolute atomic E-state index is 0.241. The molecule has 0 spiro atoms. The molecule has 3 aromatic carbocycles. The Balaban J connectivity index is 1.67. The Kier molecular flexibility index (Phi) is 9.10. The van der Waals surface area contributed by atoms with Crippen LogP contribution in [0.25, 0.3) is 5.70 Å². The largest absolute Gasteiger partial charge is 0.376 e. The standard InChI is InChI=1S/C32H32N4O4/c1-22(2)30-32(40)35(21-29(38)34-26(28(37)19-33)18-23-12-6-3-7-13-23)27(24-14-8-4-9-15-24)20-36(30)31(39)25-16-10-5-11-17-25/h3-17,20,22,26,28,30,37H,18,21H2,1-2H3,(H,34,38). The summed E-state index contributed by atoms with van der Waals surface area (Å²) >= 11 is 0. The number of carbonyl (C=O) groups excluding carboxylic acids is 3. The lowest BCUT2D eigenvalue weighted by molar-refractivity contribution is -0.138. The molecule has 3 aromatic rings. The molecule has 1 aliphatic heterocycles. The van der Waals surface area contributed by atoms with Crippen LogP contribution in [0.1, 0.15) is 35.3 Å². The molecular formula is C32H32N4O4. The van der Waals surface area contributed by atoms with E-state index < -0.39 is 30.0 Å². The first-order valence-electron chi connectivity index (χ1n) is 13.2. The molecule has 0 aromatic heterocycles. The Morgan fingerprint density at radius 1 is 0.950 bits per heavy atom. The van der Waals surface area contributed by atoms with Gasteiger partial charge in [-0.25, -0.2) is 0 Å². The van der Waals surface area contributed by atoms with E-state index in [1.165, 1.54) is 9.80 Å². The summed E-state index contributed by atoms with van der Waals surface area (Å²) in [4.78, 5) is 43.7. The quantitative estimate of drug-likeness (QED) is 0.406. The molecule has 40 heavy (non-hydrogen) atoms. The molecule has 8 nitrogen and oxygen atoms in total. The molecule has 0 radical (unpaired) electrons. The number of benzene rings is 3. The number of carbonyl (C=O) groups is 3. The summed E-state index contributed by atoms with van der Waals surface area (Å²) < 4.78 is 0. The maximum atomic E-state index is 14.0. The predicted octanol–water partition coefficient (Wildman–Crippen LogP) is 3.61. The summed E-state index contributed by atoms with van der Waals surface area (Å²) in [6, 6.07) is 27.2. The fourth-order valence-corrected chi connectivity index (χ4v) is 4.80. The molecule has 4 rings (SSSR count). The van der Waals surface area contributed by atoms with Crippen LogP contribution < -0.4 is 5.32 Å². The van der Waals surface area contributed by atoms with Crippen LogP contribution >= 0.6 is 0 Å². The van der Waals surface area contributed by atoms with E-state index in [-0.39, 0.29) is 24.8 Å². The summed E-state index contributed by atoms with van der Waals surface area (Å²) in [6.45, 7) is 3.36. The molecule has 1 aliphatic rings. The van der Waals surface area contributed by atoms with Crippen LogP contribution in [0.3, 0.4) is 0 Å². The summed E-state index contributed by atoms with van der Waals surface area (Å²) in [6.07, 6.45) is 0.438. The Bertz CT molecular complexity index is 1400. The highest BCUT2D eigenvalue weighted by Crippen LogP contribution is 2.31. The van der Waals surface area contributed by atoms with Gasteiger partial charge in [-0.05, 0) is 35.6 Å². The van der Waals surface area contributed by atoms with Crippen molar-refractivity contribution in [3.63, 3.8) is 0 Å². The van der Waals surface area contributed by atoms with Crippen molar-refractivity contribution in [1.82, 2.24) is 15.1 Å². The van der Waals surface area contributed by atoms with E-state index in [1.54, 1.807) is 36.5 Å². The molecule has 1 heterocycles. The zero-order valence-electron chi connectivity index (χ0n) is 22.5. The van der Waals surface area contributed by atoms with Gasteiger partial charge in [0.2, 0.25) is 5.91 Å². The van der Waals surface area contributed by atoms with E-state index in [2.05, 4.69) is 5.32 Å². The van der Waals surface area contributed by atoms with Gasteiger partial charge in [-0.15, -0.1) is 0 Å². The SMILES string of the molecule is CC(C)C1C(=O)N(CC(=O)NC(Cc2ccccc2)C(O)C#N)C(c2ccccc2)=CN1C(=O)c1ccccc1. The third-order valence-electron chi connectivity index (χ3n) is 6.79. The van der Waals surface area contributed by atoms with Gasteiger partial charge in [-0.3, -0.25) is 19.3 Å².